The topological polar surface area (TPSA) is 86.6 Å². The van der Waals surface area contributed by atoms with Crippen molar-refractivity contribution in [1.82, 2.24) is 9.97 Å². The van der Waals surface area contributed by atoms with E-state index in [-0.39, 0.29) is 23.1 Å². The number of aromatic amines is 1. The first-order valence-electron chi connectivity index (χ1n) is 9.63. The Morgan fingerprint density at radius 1 is 1.27 bits per heavy atom. The Hall–Kier alpha value is -2.00. The highest BCUT2D eigenvalue weighted by Crippen LogP contribution is 2.49. The average molecular weight is 367 g/mol. The normalized spacial score (nSPS) is 28.0. The molecule has 134 valence electrons. The molecule has 6 heteroatoms. The largest absolute Gasteiger partial charge is 0.308 e. The van der Waals surface area contributed by atoms with Gasteiger partial charge in [-0.2, -0.15) is 5.26 Å². The second-order valence-electron chi connectivity index (χ2n) is 8.09. The predicted molar refractivity (Wildman–Crippen MR) is 99.2 cm³/mol. The number of nitrogens with zero attached hydrogens (tertiary/aromatic N) is 2. The summed E-state index contributed by atoms with van der Waals surface area (Å²) in [6, 6.07) is 2.13. The van der Waals surface area contributed by atoms with Crippen LogP contribution < -0.4 is 5.56 Å². The summed E-state index contributed by atoms with van der Waals surface area (Å²) in [6.07, 6.45) is 8.50. The quantitative estimate of drug-likeness (QED) is 0.900. The SMILES string of the molecule is N#C[C@H](C(=O)[C@H]1C[C@H]2CC[C@H]1C2)c1nc2sc3c(c2c(=O)[nH]1)CCCC3. The number of aryl methyl sites for hydroxylation is 2. The summed E-state index contributed by atoms with van der Waals surface area (Å²) in [5.74, 6) is 0.297. The molecule has 0 amide bonds. The van der Waals surface area contributed by atoms with E-state index in [1.807, 2.05) is 0 Å². The molecule has 5 nitrogen and oxygen atoms in total. The van der Waals surface area contributed by atoms with Gasteiger partial charge in [-0.15, -0.1) is 11.3 Å². The van der Waals surface area contributed by atoms with Crippen LogP contribution in [-0.2, 0) is 17.6 Å². The number of aromatic nitrogens is 2. The van der Waals surface area contributed by atoms with Gasteiger partial charge in [0.2, 0.25) is 0 Å². The van der Waals surface area contributed by atoms with Crippen molar-refractivity contribution in [3.63, 3.8) is 0 Å². The third-order valence-corrected chi connectivity index (χ3v) is 7.82. The second kappa shape index (κ2) is 6.02. The van der Waals surface area contributed by atoms with Crippen molar-refractivity contribution in [2.45, 2.75) is 57.3 Å². The Labute approximate surface area is 155 Å². The van der Waals surface area contributed by atoms with Crippen molar-refractivity contribution in [1.29, 1.82) is 5.26 Å². The van der Waals surface area contributed by atoms with Crippen LogP contribution in [0.5, 0.6) is 0 Å². The number of nitrogens with one attached hydrogen (secondary N) is 1. The molecule has 0 aliphatic heterocycles. The summed E-state index contributed by atoms with van der Waals surface area (Å²) in [5, 5.41) is 10.4. The standard InChI is InChI=1S/C20H21N3O2S/c21-9-14(17(24)13-8-10-5-6-11(13)7-10)18-22-19(25)16-12-3-1-2-4-15(12)26-20(16)23-18/h10-11,13-14H,1-8H2,(H,22,23,25)/t10-,11-,13-,14+/m0/s1. The van der Waals surface area contributed by atoms with E-state index in [2.05, 4.69) is 16.0 Å². The van der Waals surface area contributed by atoms with Gasteiger partial charge in [0.15, 0.2) is 11.7 Å². The van der Waals surface area contributed by atoms with Crippen LogP contribution in [0.3, 0.4) is 0 Å². The molecule has 5 rings (SSSR count). The highest BCUT2D eigenvalue weighted by molar-refractivity contribution is 7.18. The van der Waals surface area contributed by atoms with Gasteiger partial charge in [0.05, 0.1) is 11.5 Å². The number of Topliss-reactive ketones (excluding diaryl/α,β-unsaturated/α-hetero) is 1. The molecule has 0 spiro atoms. The fraction of sp³-hybridized carbons (Fsp3) is 0.600. The minimum absolute atomic E-state index is 0.0315. The number of fused-ring (bicyclic) bond motifs is 5. The summed E-state index contributed by atoms with van der Waals surface area (Å²) in [7, 11) is 0. The zero-order chi connectivity index (χ0) is 17.8. The van der Waals surface area contributed by atoms with E-state index < -0.39 is 5.92 Å². The van der Waals surface area contributed by atoms with Gasteiger partial charge in [0.1, 0.15) is 10.7 Å². The molecule has 2 fully saturated rings. The maximum Gasteiger partial charge on any atom is 0.259 e. The monoisotopic (exact) mass is 367 g/mol. The lowest BCUT2D eigenvalue weighted by atomic mass is 9.81. The first-order valence-corrected chi connectivity index (χ1v) is 10.4. The number of hydrogen-bond acceptors (Lipinski definition) is 5. The molecular weight excluding hydrogens is 346 g/mol. The Morgan fingerprint density at radius 3 is 2.85 bits per heavy atom. The summed E-state index contributed by atoms with van der Waals surface area (Å²) in [6.45, 7) is 0. The molecule has 2 bridgehead atoms. The average Bonchev–Trinajstić information content (AvgIpc) is 3.35. The summed E-state index contributed by atoms with van der Waals surface area (Å²) in [4.78, 5) is 35.0. The molecule has 2 aromatic rings. The van der Waals surface area contributed by atoms with E-state index >= 15 is 0 Å². The molecule has 1 N–H and O–H groups in total. The Bertz CT molecular complexity index is 999. The number of thiophene rings is 1. The highest BCUT2D eigenvalue weighted by Gasteiger charge is 2.45. The fourth-order valence-electron chi connectivity index (χ4n) is 5.38. The van der Waals surface area contributed by atoms with Gasteiger partial charge < -0.3 is 4.98 Å². The Kier molecular flexibility index (Phi) is 3.75. The molecule has 0 radical (unpaired) electrons. The highest BCUT2D eigenvalue weighted by atomic mass is 32.1. The van der Waals surface area contributed by atoms with Crippen LogP contribution in [-0.4, -0.2) is 15.8 Å². The zero-order valence-corrected chi connectivity index (χ0v) is 15.4. The number of hydrogen-bond donors (Lipinski definition) is 1. The second-order valence-corrected chi connectivity index (χ2v) is 9.17. The van der Waals surface area contributed by atoms with Crippen molar-refractivity contribution in [3.8, 4) is 6.07 Å². The molecule has 0 aromatic carbocycles. The maximum atomic E-state index is 13.0. The molecule has 3 aliphatic rings. The van der Waals surface area contributed by atoms with Gasteiger partial charge in [-0.05, 0) is 62.3 Å². The van der Waals surface area contributed by atoms with E-state index in [0.29, 0.717) is 22.1 Å². The summed E-state index contributed by atoms with van der Waals surface area (Å²) >= 11 is 1.56. The van der Waals surface area contributed by atoms with Gasteiger partial charge in [-0.1, -0.05) is 6.42 Å². The van der Waals surface area contributed by atoms with E-state index in [4.69, 9.17) is 0 Å². The van der Waals surface area contributed by atoms with Gasteiger partial charge in [0, 0.05) is 10.8 Å². The van der Waals surface area contributed by atoms with Crippen molar-refractivity contribution < 1.29 is 4.79 Å². The van der Waals surface area contributed by atoms with Crippen LogP contribution >= 0.6 is 11.3 Å². The van der Waals surface area contributed by atoms with Crippen LogP contribution in [0.4, 0.5) is 0 Å². The zero-order valence-electron chi connectivity index (χ0n) is 14.6. The van der Waals surface area contributed by atoms with Gasteiger partial charge in [-0.25, -0.2) is 4.98 Å². The van der Waals surface area contributed by atoms with Crippen LogP contribution in [0.15, 0.2) is 4.79 Å². The van der Waals surface area contributed by atoms with Crippen molar-refractivity contribution in [2.75, 3.05) is 0 Å². The van der Waals surface area contributed by atoms with Gasteiger partial charge in [-0.3, -0.25) is 9.59 Å². The number of ketones is 1. The number of nitriles is 1. The molecule has 0 unspecified atom stereocenters. The van der Waals surface area contributed by atoms with Crippen molar-refractivity contribution >= 4 is 27.3 Å². The molecule has 4 atom stereocenters. The molecule has 26 heavy (non-hydrogen) atoms. The van der Waals surface area contributed by atoms with E-state index in [1.165, 1.54) is 11.3 Å². The fourth-order valence-corrected chi connectivity index (χ4v) is 6.65. The molecule has 2 saturated carbocycles. The number of H-pyrrole nitrogens is 1. The van der Waals surface area contributed by atoms with Crippen LogP contribution in [0.25, 0.3) is 10.2 Å². The molecular formula is C20H21N3O2S. The van der Waals surface area contributed by atoms with Gasteiger partial charge >= 0.3 is 0 Å². The predicted octanol–water partition coefficient (Wildman–Crippen LogP) is 3.48. The Morgan fingerprint density at radius 2 is 2.12 bits per heavy atom. The lowest BCUT2D eigenvalue weighted by Crippen LogP contribution is -2.28. The third-order valence-electron chi connectivity index (χ3n) is 6.63. The number of rotatable bonds is 3. The molecule has 3 aliphatic carbocycles. The first-order chi connectivity index (χ1) is 12.7. The summed E-state index contributed by atoms with van der Waals surface area (Å²) in [5.41, 5.74) is 0.940. The van der Waals surface area contributed by atoms with Crippen LogP contribution in [0.2, 0.25) is 0 Å². The van der Waals surface area contributed by atoms with Crippen LogP contribution in [0, 0.1) is 29.1 Å². The van der Waals surface area contributed by atoms with Crippen LogP contribution in [0.1, 0.15) is 60.7 Å². The van der Waals surface area contributed by atoms with E-state index in [0.717, 1.165) is 50.5 Å². The lowest BCUT2D eigenvalue weighted by Gasteiger charge is -2.22. The summed E-state index contributed by atoms with van der Waals surface area (Å²) < 4.78 is 0. The molecule has 2 heterocycles. The minimum Gasteiger partial charge on any atom is -0.308 e. The van der Waals surface area contributed by atoms with E-state index in [1.54, 1.807) is 11.3 Å². The number of carbonyl (C=O) groups is 1. The maximum absolute atomic E-state index is 13.0. The van der Waals surface area contributed by atoms with Crippen molar-refractivity contribution in [3.05, 3.63) is 26.6 Å². The smallest absolute Gasteiger partial charge is 0.259 e. The van der Waals surface area contributed by atoms with Gasteiger partial charge in [0.25, 0.3) is 5.56 Å². The Balaban J connectivity index is 1.54. The van der Waals surface area contributed by atoms with E-state index in [9.17, 15) is 14.9 Å². The minimum atomic E-state index is -0.949. The number of carbonyl (C=O) groups excluding carboxylic acids is 1. The third kappa shape index (κ3) is 2.37. The molecule has 2 aromatic heterocycles. The van der Waals surface area contributed by atoms with Crippen molar-refractivity contribution in [2.24, 2.45) is 17.8 Å². The molecule has 0 saturated heterocycles. The first kappa shape index (κ1) is 16.2. The lowest BCUT2D eigenvalue weighted by molar-refractivity contribution is -0.124.